The molecule has 0 atom stereocenters. The summed E-state index contributed by atoms with van der Waals surface area (Å²) in [6.07, 6.45) is 3.86. The molecular weight excluding hydrogens is 236 g/mol. The van der Waals surface area contributed by atoms with Crippen molar-refractivity contribution in [2.45, 2.75) is 46.6 Å². The highest BCUT2D eigenvalue weighted by Gasteiger charge is 2.11. The van der Waals surface area contributed by atoms with Gasteiger partial charge in [0.05, 0.1) is 5.69 Å². The first-order chi connectivity index (χ1) is 9.22. The van der Waals surface area contributed by atoms with Crippen LogP contribution in [0, 0.1) is 13.8 Å². The first-order valence-electron chi connectivity index (χ1n) is 7.68. The van der Waals surface area contributed by atoms with Gasteiger partial charge < -0.3 is 10.2 Å². The smallest absolute Gasteiger partial charge is 0.0628 e. The van der Waals surface area contributed by atoms with Crippen LogP contribution >= 0.6 is 0 Å². The molecule has 1 aromatic rings. The molecule has 1 saturated heterocycles. The van der Waals surface area contributed by atoms with E-state index in [2.05, 4.69) is 40.8 Å². The van der Waals surface area contributed by atoms with Gasteiger partial charge in [0.1, 0.15) is 0 Å². The number of hydrogen-bond donors (Lipinski definition) is 1. The molecular formula is C15H28N4. The summed E-state index contributed by atoms with van der Waals surface area (Å²) in [5.74, 6) is 0. The molecule has 1 aliphatic heterocycles. The summed E-state index contributed by atoms with van der Waals surface area (Å²) in [6, 6.07) is 0. The number of likely N-dealkylation sites (tertiary alicyclic amines) is 1. The molecule has 0 aliphatic carbocycles. The molecule has 1 N–H and O–H groups in total. The number of hydrogen-bond acceptors (Lipinski definition) is 3. The molecule has 2 heterocycles. The number of rotatable bonds is 7. The minimum absolute atomic E-state index is 0.967. The molecule has 19 heavy (non-hydrogen) atoms. The molecule has 0 amide bonds. The zero-order valence-corrected chi connectivity index (χ0v) is 12.7. The van der Waals surface area contributed by atoms with Crippen LogP contribution in [-0.4, -0.2) is 47.4 Å². The van der Waals surface area contributed by atoms with Gasteiger partial charge in [-0.2, -0.15) is 5.10 Å². The van der Waals surface area contributed by atoms with Gasteiger partial charge in [-0.15, -0.1) is 0 Å². The SMILES string of the molecule is CCn1nc(C)c(CCNCCN2CCCC2)c1C. The lowest BCUT2D eigenvalue weighted by molar-refractivity contribution is 0.336. The molecule has 4 heteroatoms. The molecule has 4 nitrogen and oxygen atoms in total. The molecule has 2 rings (SSSR count). The van der Waals surface area contributed by atoms with Crippen LogP contribution in [0.25, 0.3) is 0 Å². The molecule has 108 valence electrons. The van der Waals surface area contributed by atoms with E-state index in [4.69, 9.17) is 0 Å². The van der Waals surface area contributed by atoms with Crippen LogP contribution in [-0.2, 0) is 13.0 Å². The van der Waals surface area contributed by atoms with Crippen molar-refractivity contribution in [2.75, 3.05) is 32.7 Å². The van der Waals surface area contributed by atoms with Crippen LogP contribution in [0.2, 0.25) is 0 Å². The van der Waals surface area contributed by atoms with Gasteiger partial charge in [0.25, 0.3) is 0 Å². The predicted octanol–water partition coefficient (Wildman–Crippen LogP) is 1.75. The van der Waals surface area contributed by atoms with Gasteiger partial charge in [0.15, 0.2) is 0 Å². The fourth-order valence-corrected chi connectivity index (χ4v) is 2.99. The van der Waals surface area contributed by atoms with Gasteiger partial charge in [0, 0.05) is 25.3 Å². The average molecular weight is 264 g/mol. The Kier molecular flexibility index (Phi) is 5.40. The van der Waals surface area contributed by atoms with E-state index in [9.17, 15) is 0 Å². The minimum Gasteiger partial charge on any atom is -0.315 e. The molecule has 1 fully saturated rings. The predicted molar refractivity (Wildman–Crippen MR) is 79.6 cm³/mol. The van der Waals surface area contributed by atoms with E-state index in [0.717, 1.165) is 26.1 Å². The summed E-state index contributed by atoms with van der Waals surface area (Å²) in [6.45, 7) is 13.4. The van der Waals surface area contributed by atoms with Crippen molar-refractivity contribution in [3.63, 3.8) is 0 Å². The maximum atomic E-state index is 4.57. The Morgan fingerprint density at radius 3 is 2.53 bits per heavy atom. The Morgan fingerprint density at radius 1 is 1.16 bits per heavy atom. The Hall–Kier alpha value is -0.870. The van der Waals surface area contributed by atoms with Crippen LogP contribution < -0.4 is 5.32 Å². The lowest BCUT2D eigenvalue weighted by atomic mass is 10.1. The highest BCUT2D eigenvalue weighted by molar-refractivity contribution is 5.24. The number of nitrogens with zero attached hydrogens (tertiary/aromatic N) is 3. The highest BCUT2D eigenvalue weighted by atomic mass is 15.3. The first kappa shape index (κ1) is 14.5. The number of nitrogens with one attached hydrogen (secondary N) is 1. The third-order valence-electron chi connectivity index (χ3n) is 4.19. The zero-order valence-electron chi connectivity index (χ0n) is 12.7. The first-order valence-corrected chi connectivity index (χ1v) is 7.68. The second-order valence-electron chi connectivity index (χ2n) is 5.51. The van der Waals surface area contributed by atoms with E-state index in [0.29, 0.717) is 0 Å². The second kappa shape index (κ2) is 7.06. The zero-order chi connectivity index (χ0) is 13.7. The molecule has 0 bridgehead atoms. The van der Waals surface area contributed by atoms with E-state index in [-0.39, 0.29) is 0 Å². The third-order valence-corrected chi connectivity index (χ3v) is 4.19. The standard InChI is InChI=1S/C15H28N4/c1-4-19-14(3)15(13(2)17-19)7-8-16-9-12-18-10-5-6-11-18/h16H,4-12H2,1-3H3. The molecule has 0 saturated carbocycles. The molecule has 0 spiro atoms. The molecule has 1 aromatic heterocycles. The van der Waals surface area contributed by atoms with Crippen molar-refractivity contribution in [3.05, 3.63) is 17.0 Å². The van der Waals surface area contributed by atoms with E-state index in [1.165, 1.54) is 49.4 Å². The van der Waals surface area contributed by atoms with Crippen molar-refractivity contribution in [1.29, 1.82) is 0 Å². The van der Waals surface area contributed by atoms with Crippen LogP contribution in [0.3, 0.4) is 0 Å². The Labute approximate surface area is 117 Å². The van der Waals surface area contributed by atoms with Crippen LogP contribution in [0.1, 0.15) is 36.7 Å². The lowest BCUT2D eigenvalue weighted by Gasteiger charge is -2.14. The van der Waals surface area contributed by atoms with Gasteiger partial charge in [-0.25, -0.2) is 0 Å². The Bertz CT molecular complexity index is 391. The Balaban J connectivity index is 1.69. The lowest BCUT2D eigenvalue weighted by Crippen LogP contribution is -2.31. The average Bonchev–Trinajstić information content (AvgIpc) is 3.00. The van der Waals surface area contributed by atoms with Gasteiger partial charge in [-0.1, -0.05) is 0 Å². The topological polar surface area (TPSA) is 33.1 Å². The fourth-order valence-electron chi connectivity index (χ4n) is 2.99. The van der Waals surface area contributed by atoms with Crippen molar-refractivity contribution in [2.24, 2.45) is 0 Å². The highest BCUT2D eigenvalue weighted by Crippen LogP contribution is 2.13. The van der Waals surface area contributed by atoms with Crippen molar-refractivity contribution in [3.8, 4) is 0 Å². The van der Waals surface area contributed by atoms with Crippen molar-refractivity contribution in [1.82, 2.24) is 20.0 Å². The largest absolute Gasteiger partial charge is 0.315 e. The van der Waals surface area contributed by atoms with E-state index >= 15 is 0 Å². The minimum atomic E-state index is 0.967. The fraction of sp³-hybridized carbons (Fsp3) is 0.800. The van der Waals surface area contributed by atoms with Gasteiger partial charge in [-0.05, 0) is 65.2 Å². The van der Waals surface area contributed by atoms with Crippen LogP contribution in [0.4, 0.5) is 0 Å². The third kappa shape index (κ3) is 3.80. The van der Waals surface area contributed by atoms with Crippen molar-refractivity contribution < 1.29 is 0 Å². The summed E-state index contributed by atoms with van der Waals surface area (Å²) in [5.41, 5.74) is 3.96. The molecule has 0 aromatic carbocycles. The molecule has 1 aliphatic rings. The van der Waals surface area contributed by atoms with E-state index in [1.807, 2.05) is 0 Å². The van der Waals surface area contributed by atoms with Crippen LogP contribution in [0.5, 0.6) is 0 Å². The summed E-state index contributed by atoms with van der Waals surface area (Å²) < 4.78 is 2.11. The van der Waals surface area contributed by atoms with Crippen LogP contribution in [0.15, 0.2) is 0 Å². The van der Waals surface area contributed by atoms with Crippen molar-refractivity contribution >= 4 is 0 Å². The number of aromatic nitrogens is 2. The number of aryl methyl sites for hydroxylation is 2. The van der Waals surface area contributed by atoms with E-state index in [1.54, 1.807) is 0 Å². The maximum absolute atomic E-state index is 4.57. The summed E-state index contributed by atoms with van der Waals surface area (Å²) in [7, 11) is 0. The van der Waals surface area contributed by atoms with E-state index < -0.39 is 0 Å². The second-order valence-corrected chi connectivity index (χ2v) is 5.51. The summed E-state index contributed by atoms with van der Waals surface area (Å²) >= 11 is 0. The quantitative estimate of drug-likeness (QED) is 0.762. The Morgan fingerprint density at radius 2 is 1.89 bits per heavy atom. The molecule has 0 radical (unpaired) electrons. The monoisotopic (exact) mass is 264 g/mol. The summed E-state index contributed by atoms with van der Waals surface area (Å²) in [4.78, 5) is 2.55. The normalized spacial score (nSPS) is 16.4. The van der Waals surface area contributed by atoms with Gasteiger partial charge in [-0.3, -0.25) is 4.68 Å². The van der Waals surface area contributed by atoms with Gasteiger partial charge in [0.2, 0.25) is 0 Å². The maximum Gasteiger partial charge on any atom is 0.0628 e. The summed E-state index contributed by atoms with van der Waals surface area (Å²) in [5, 5.41) is 8.14. The molecule has 0 unspecified atom stereocenters. The van der Waals surface area contributed by atoms with Gasteiger partial charge >= 0.3 is 0 Å².